The molecule has 0 amide bonds. The summed E-state index contributed by atoms with van der Waals surface area (Å²) in [6.07, 6.45) is 2.18. The van der Waals surface area contributed by atoms with Gasteiger partial charge in [-0.05, 0) is 37.0 Å². The molecule has 2 atom stereocenters. The van der Waals surface area contributed by atoms with Crippen molar-refractivity contribution < 1.29 is 4.74 Å². The van der Waals surface area contributed by atoms with E-state index in [1.807, 2.05) is 0 Å². The Kier molecular flexibility index (Phi) is 5.87. The maximum Gasteiger partial charge on any atom is 0.123 e. The van der Waals surface area contributed by atoms with E-state index in [4.69, 9.17) is 4.74 Å². The van der Waals surface area contributed by atoms with Crippen LogP contribution in [-0.2, 0) is 6.42 Å². The van der Waals surface area contributed by atoms with Crippen LogP contribution in [0.1, 0.15) is 25.8 Å². The van der Waals surface area contributed by atoms with E-state index in [9.17, 15) is 0 Å². The monoisotopic (exact) mass is 317 g/mol. The smallest absolute Gasteiger partial charge is 0.123 e. The molecule has 3 rings (SSSR count). The molecule has 0 aromatic heterocycles. The van der Waals surface area contributed by atoms with E-state index in [2.05, 4.69) is 67.7 Å². The van der Waals surface area contributed by atoms with Gasteiger partial charge in [-0.3, -0.25) is 0 Å². The van der Waals surface area contributed by atoms with Crippen molar-refractivity contribution >= 4 is 12.4 Å². The number of hydrogen-bond acceptors (Lipinski definition) is 2. The fourth-order valence-electron chi connectivity index (χ4n) is 2.92. The number of fused-ring (bicyclic) bond motifs is 1. The first-order chi connectivity index (χ1) is 10.3. The molecule has 2 aromatic rings. The van der Waals surface area contributed by atoms with E-state index < -0.39 is 0 Å². The number of hydrogen-bond donors (Lipinski definition) is 1. The van der Waals surface area contributed by atoms with Crippen LogP contribution < -0.4 is 10.1 Å². The molecule has 0 aliphatic carbocycles. The molecule has 2 aromatic carbocycles. The molecular formula is C19H24ClNO. The Morgan fingerprint density at radius 3 is 2.64 bits per heavy atom. The minimum Gasteiger partial charge on any atom is -0.492 e. The third-order valence-corrected chi connectivity index (χ3v) is 4.24. The molecule has 3 heteroatoms. The summed E-state index contributed by atoms with van der Waals surface area (Å²) in [5.74, 6) is 1.04. The number of ether oxygens (including phenoxy) is 1. The topological polar surface area (TPSA) is 21.3 Å². The van der Waals surface area contributed by atoms with Crippen molar-refractivity contribution in [3.05, 3.63) is 54.1 Å². The molecule has 0 saturated carbocycles. The van der Waals surface area contributed by atoms with Crippen molar-refractivity contribution in [2.75, 3.05) is 6.61 Å². The molecule has 0 radical (unpaired) electrons. The van der Waals surface area contributed by atoms with Gasteiger partial charge in [-0.2, -0.15) is 0 Å². The lowest BCUT2D eigenvalue weighted by Gasteiger charge is -2.30. The predicted molar refractivity (Wildman–Crippen MR) is 95.0 cm³/mol. The molecule has 1 aliphatic rings. The summed E-state index contributed by atoms with van der Waals surface area (Å²) in [6, 6.07) is 17.9. The van der Waals surface area contributed by atoms with Crippen molar-refractivity contribution in [3.63, 3.8) is 0 Å². The average molecular weight is 318 g/mol. The summed E-state index contributed by atoms with van der Waals surface area (Å²) in [7, 11) is 0. The Labute approximate surface area is 139 Å². The molecule has 0 fully saturated rings. The molecule has 1 N–H and O–H groups in total. The number of benzene rings is 2. The highest BCUT2D eigenvalue weighted by atomic mass is 35.5. The van der Waals surface area contributed by atoms with Gasteiger partial charge in [-0.15, -0.1) is 12.4 Å². The zero-order chi connectivity index (χ0) is 14.7. The molecule has 0 saturated heterocycles. The molecular weight excluding hydrogens is 294 g/mol. The Bertz CT molecular complexity index is 600. The van der Waals surface area contributed by atoms with Crippen LogP contribution in [0, 0.1) is 0 Å². The van der Waals surface area contributed by atoms with Crippen molar-refractivity contribution in [2.24, 2.45) is 0 Å². The van der Waals surface area contributed by atoms with Gasteiger partial charge >= 0.3 is 0 Å². The summed E-state index contributed by atoms with van der Waals surface area (Å²) in [6.45, 7) is 5.21. The Morgan fingerprint density at radius 1 is 1.14 bits per heavy atom. The summed E-state index contributed by atoms with van der Waals surface area (Å²) in [4.78, 5) is 0. The van der Waals surface area contributed by atoms with E-state index in [-0.39, 0.29) is 12.4 Å². The molecule has 2 nitrogen and oxygen atoms in total. The molecule has 118 valence electrons. The van der Waals surface area contributed by atoms with Gasteiger partial charge in [-0.25, -0.2) is 0 Å². The summed E-state index contributed by atoms with van der Waals surface area (Å²) in [5.41, 5.74) is 3.89. The van der Waals surface area contributed by atoms with Crippen LogP contribution in [0.5, 0.6) is 5.75 Å². The number of nitrogens with one attached hydrogen (secondary N) is 1. The highest BCUT2D eigenvalue weighted by Gasteiger charge is 2.23. The molecule has 22 heavy (non-hydrogen) atoms. The van der Waals surface area contributed by atoms with Crippen molar-refractivity contribution in [1.29, 1.82) is 0 Å². The second-order valence-corrected chi connectivity index (χ2v) is 5.84. The zero-order valence-corrected chi connectivity index (χ0v) is 14.0. The van der Waals surface area contributed by atoms with Gasteiger partial charge in [0.05, 0.1) is 0 Å². The molecule has 1 aliphatic heterocycles. The molecule has 1 heterocycles. The van der Waals surface area contributed by atoms with Gasteiger partial charge < -0.3 is 10.1 Å². The first-order valence-corrected chi connectivity index (χ1v) is 7.84. The van der Waals surface area contributed by atoms with Gasteiger partial charge in [0.1, 0.15) is 12.4 Å². The second-order valence-electron chi connectivity index (χ2n) is 5.84. The normalized spacial score (nSPS) is 17.8. The van der Waals surface area contributed by atoms with Gasteiger partial charge in [-0.1, -0.05) is 49.4 Å². The Morgan fingerprint density at radius 2 is 1.91 bits per heavy atom. The average Bonchev–Trinajstić information content (AvgIpc) is 2.55. The van der Waals surface area contributed by atoms with Crippen molar-refractivity contribution in [2.45, 2.75) is 38.8 Å². The lowest BCUT2D eigenvalue weighted by Crippen LogP contribution is -2.43. The highest BCUT2D eigenvalue weighted by molar-refractivity contribution is 5.85. The molecule has 0 bridgehead atoms. The Balaban J connectivity index is 0.00000176. The second kappa shape index (κ2) is 7.66. The first kappa shape index (κ1) is 16.9. The maximum atomic E-state index is 5.98. The molecule has 0 spiro atoms. The van der Waals surface area contributed by atoms with E-state index in [1.54, 1.807) is 0 Å². The maximum absolute atomic E-state index is 5.98. The SMILES string of the molecule is CCC(C)N[C@H]1COc2cccc(-c3ccccc3)c2C1.Cl. The van der Waals surface area contributed by atoms with Gasteiger partial charge in [0.25, 0.3) is 0 Å². The van der Waals surface area contributed by atoms with Gasteiger partial charge in [0.15, 0.2) is 0 Å². The number of rotatable bonds is 4. The van der Waals surface area contributed by atoms with E-state index in [1.165, 1.54) is 16.7 Å². The fourth-order valence-corrected chi connectivity index (χ4v) is 2.92. The van der Waals surface area contributed by atoms with E-state index >= 15 is 0 Å². The largest absolute Gasteiger partial charge is 0.492 e. The van der Waals surface area contributed by atoms with Crippen LogP contribution in [-0.4, -0.2) is 18.7 Å². The lowest BCUT2D eigenvalue weighted by atomic mass is 9.92. The zero-order valence-electron chi connectivity index (χ0n) is 13.2. The first-order valence-electron chi connectivity index (χ1n) is 7.84. The summed E-state index contributed by atoms with van der Waals surface area (Å²) < 4.78 is 5.98. The van der Waals surface area contributed by atoms with Crippen molar-refractivity contribution in [1.82, 2.24) is 5.32 Å². The van der Waals surface area contributed by atoms with E-state index in [0.29, 0.717) is 12.1 Å². The molecule has 1 unspecified atom stereocenters. The highest BCUT2D eigenvalue weighted by Crippen LogP contribution is 2.34. The Hall–Kier alpha value is -1.51. The fraction of sp³-hybridized carbons (Fsp3) is 0.368. The van der Waals surface area contributed by atoms with Crippen LogP contribution in [0.25, 0.3) is 11.1 Å². The van der Waals surface area contributed by atoms with Crippen LogP contribution in [0.15, 0.2) is 48.5 Å². The summed E-state index contributed by atoms with van der Waals surface area (Å²) in [5, 5.41) is 3.66. The van der Waals surface area contributed by atoms with E-state index in [0.717, 1.165) is 25.2 Å². The summed E-state index contributed by atoms with van der Waals surface area (Å²) >= 11 is 0. The number of halogens is 1. The minimum atomic E-state index is 0. The van der Waals surface area contributed by atoms with Crippen LogP contribution in [0.2, 0.25) is 0 Å². The minimum absolute atomic E-state index is 0. The van der Waals surface area contributed by atoms with Crippen molar-refractivity contribution in [3.8, 4) is 16.9 Å². The van der Waals surface area contributed by atoms with Gasteiger partial charge in [0.2, 0.25) is 0 Å². The standard InChI is InChI=1S/C19H23NO.ClH/c1-3-14(2)20-16-12-18-17(15-8-5-4-6-9-15)10-7-11-19(18)21-13-16;/h4-11,14,16,20H,3,12-13H2,1-2H3;1H/t14?,16-;/m1./s1. The van der Waals surface area contributed by atoms with Crippen LogP contribution in [0.4, 0.5) is 0 Å². The van der Waals surface area contributed by atoms with Gasteiger partial charge in [0, 0.05) is 17.6 Å². The van der Waals surface area contributed by atoms with Crippen LogP contribution in [0.3, 0.4) is 0 Å². The third-order valence-electron chi connectivity index (χ3n) is 4.24. The predicted octanol–water partition coefficient (Wildman–Crippen LogP) is 4.47. The lowest BCUT2D eigenvalue weighted by molar-refractivity contribution is 0.228. The van der Waals surface area contributed by atoms with Crippen LogP contribution >= 0.6 is 12.4 Å². The quantitative estimate of drug-likeness (QED) is 0.898. The third kappa shape index (κ3) is 3.63.